The zero-order valence-electron chi connectivity index (χ0n) is 20.7. The van der Waals surface area contributed by atoms with Crippen LogP contribution in [0.2, 0.25) is 4.34 Å². The molecule has 3 aromatic rings. The van der Waals surface area contributed by atoms with Gasteiger partial charge >= 0.3 is 0 Å². The molecule has 5 rings (SSSR count). The Morgan fingerprint density at radius 3 is 2.70 bits per heavy atom. The molecule has 0 bridgehead atoms. The van der Waals surface area contributed by atoms with E-state index in [9.17, 15) is 9.59 Å². The number of hydrogen-bond donors (Lipinski definition) is 1. The zero-order chi connectivity index (χ0) is 25.8. The number of amides is 1. The standard InChI is InChI=1S/C25H30ClN7O2S2/c1-17-4-2-6-33(17)15-20-23(18-12-21(26)36-16-18)29-25(37-20)30-24(35)19-13-28-22(14-27-19)32-9-7-31(8-10-32)5-3-11-34/h11-14,16-17H,2-10,15H2,1H3,(H,29,30,35). The maximum absolute atomic E-state index is 13.0. The van der Waals surface area contributed by atoms with Crippen molar-refractivity contribution in [3.63, 3.8) is 0 Å². The molecular weight excluding hydrogens is 530 g/mol. The van der Waals surface area contributed by atoms with E-state index in [4.69, 9.17) is 16.6 Å². The summed E-state index contributed by atoms with van der Waals surface area (Å²) in [5.74, 6) is 0.418. The van der Waals surface area contributed by atoms with Gasteiger partial charge in [0.2, 0.25) is 0 Å². The van der Waals surface area contributed by atoms with Gasteiger partial charge in [0.05, 0.1) is 22.4 Å². The van der Waals surface area contributed by atoms with Crippen LogP contribution in [-0.2, 0) is 11.3 Å². The van der Waals surface area contributed by atoms with Crippen LogP contribution < -0.4 is 10.2 Å². The molecule has 0 aliphatic carbocycles. The molecule has 37 heavy (non-hydrogen) atoms. The molecule has 2 fully saturated rings. The van der Waals surface area contributed by atoms with E-state index in [1.54, 1.807) is 6.20 Å². The summed E-state index contributed by atoms with van der Waals surface area (Å²) in [5, 5.41) is 5.47. The number of halogens is 1. The Morgan fingerprint density at radius 1 is 1.22 bits per heavy atom. The number of aldehydes is 1. The minimum Gasteiger partial charge on any atom is -0.353 e. The van der Waals surface area contributed by atoms with Crippen LogP contribution in [0.3, 0.4) is 0 Å². The average Bonchev–Trinajstić information content (AvgIpc) is 3.63. The molecule has 1 atom stereocenters. The highest BCUT2D eigenvalue weighted by atomic mass is 35.5. The van der Waals surface area contributed by atoms with Gasteiger partial charge in [0, 0.05) is 67.6 Å². The van der Waals surface area contributed by atoms with E-state index in [0.717, 1.165) is 74.1 Å². The van der Waals surface area contributed by atoms with Crippen molar-refractivity contribution >= 4 is 57.4 Å². The van der Waals surface area contributed by atoms with E-state index >= 15 is 0 Å². The van der Waals surface area contributed by atoms with Crippen LogP contribution in [0.4, 0.5) is 10.9 Å². The van der Waals surface area contributed by atoms with Crippen molar-refractivity contribution in [3.05, 3.63) is 38.7 Å². The van der Waals surface area contributed by atoms with E-state index in [1.807, 2.05) is 11.4 Å². The Labute approximate surface area is 229 Å². The van der Waals surface area contributed by atoms with Crippen molar-refractivity contribution in [2.24, 2.45) is 0 Å². The van der Waals surface area contributed by atoms with Crippen LogP contribution in [0.5, 0.6) is 0 Å². The molecule has 1 unspecified atom stereocenters. The first-order chi connectivity index (χ1) is 18.0. The molecule has 3 aromatic heterocycles. The molecule has 5 heterocycles. The molecule has 0 saturated carbocycles. The summed E-state index contributed by atoms with van der Waals surface area (Å²) in [6, 6.07) is 2.46. The van der Waals surface area contributed by atoms with Crippen LogP contribution in [0.1, 0.15) is 41.6 Å². The monoisotopic (exact) mass is 559 g/mol. The Bertz CT molecular complexity index is 1220. The third kappa shape index (κ3) is 6.35. The Morgan fingerprint density at radius 2 is 2.05 bits per heavy atom. The molecule has 196 valence electrons. The SMILES string of the molecule is CC1CCCN1Cc1sc(NC(=O)c2cnc(N3CCN(CCC=O)CC3)cn2)nc1-c1csc(Cl)c1. The highest BCUT2D eigenvalue weighted by Gasteiger charge is 2.25. The fourth-order valence-corrected chi connectivity index (χ4v) is 6.65. The second-order valence-corrected chi connectivity index (χ2v) is 12.0. The largest absolute Gasteiger partial charge is 0.353 e. The molecule has 0 aromatic carbocycles. The molecule has 2 aliphatic heterocycles. The van der Waals surface area contributed by atoms with Gasteiger partial charge in [-0.2, -0.15) is 0 Å². The molecule has 1 N–H and O–H groups in total. The van der Waals surface area contributed by atoms with Crippen molar-refractivity contribution in [2.45, 2.75) is 38.8 Å². The van der Waals surface area contributed by atoms with Gasteiger partial charge in [-0.25, -0.2) is 15.0 Å². The molecule has 2 saturated heterocycles. The van der Waals surface area contributed by atoms with Crippen LogP contribution in [-0.4, -0.2) is 82.3 Å². The topological polar surface area (TPSA) is 94.6 Å². The number of rotatable bonds is 9. The summed E-state index contributed by atoms with van der Waals surface area (Å²) < 4.78 is 0.715. The first-order valence-corrected chi connectivity index (χ1v) is 14.6. The predicted molar refractivity (Wildman–Crippen MR) is 149 cm³/mol. The second kappa shape index (κ2) is 12.0. The lowest BCUT2D eigenvalue weighted by atomic mass is 10.2. The number of carbonyl (C=O) groups is 2. The fourth-order valence-electron chi connectivity index (χ4n) is 4.78. The summed E-state index contributed by atoms with van der Waals surface area (Å²) >= 11 is 9.18. The van der Waals surface area contributed by atoms with Gasteiger partial charge in [-0.1, -0.05) is 22.9 Å². The third-order valence-electron chi connectivity index (χ3n) is 6.93. The number of carbonyl (C=O) groups excluding carboxylic acids is 2. The maximum atomic E-state index is 13.0. The molecule has 1 amide bonds. The van der Waals surface area contributed by atoms with Crippen LogP contribution in [0.15, 0.2) is 23.8 Å². The highest BCUT2D eigenvalue weighted by Crippen LogP contribution is 2.37. The predicted octanol–water partition coefficient (Wildman–Crippen LogP) is 4.26. The minimum atomic E-state index is -0.331. The average molecular weight is 560 g/mol. The quantitative estimate of drug-likeness (QED) is 0.389. The number of thiazole rings is 1. The summed E-state index contributed by atoms with van der Waals surface area (Å²) in [6.45, 7) is 8.29. The van der Waals surface area contributed by atoms with Crippen molar-refractivity contribution in [1.29, 1.82) is 0 Å². The van der Waals surface area contributed by atoms with Crippen molar-refractivity contribution in [1.82, 2.24) is 24.8 Å². The highest BCUT2D eigenvalue weighted by molar-refractivity contribution is 7.16. The summed E-state index contributed by atoms with van der Waals surface area (Å²) in [6.07, 6.45) is 7.09. The smallest absolute Gasteiger partial charge is 0.277 e. The van der Waals surface area contributed by atoms with Gasteiger partial charge in [0.25, 0.3) is 5.91 Å². The zero-order valence-corrected chi connectivity index (χ0v) is 23.1. The van der Waals surface area contributed by atoms with Crippen LogP contribution >= 0.6 is 34.3 Å². The normalized spacial score (nSPS) is 18.9. The van der Waals surface area contributed by atoms with Crippen molar-refractivity contribution in [2.75, 3.05) is 49.5 Å². The number of anilines is 2. The maximum Gasteiger partial charge on any atom is 0.277 e. The molecule has 12 heteroatoms. The van der Waals surface area contributed by atoms with Gasteiger partial charge in [-0.3, -0.25) is 19.9 Å². The lowest BCUT2D eigenvalue weighted by Gasteiger charge is -2.34. The number of nitrogens with one attached hydrogen (secondary N) is 1. The molecule has 0 spiro atoms. The van der Waals surface area contributed by atoms with Crippen molar-refractivity contribution in [3.8, 4) is 11.3 Å². The van der Waals surface area contributed by atoms with Gasteiger partial charge in [0.15, 0.2) is 5.13 Å². The molecule has 2 aliphatic rings. The van der Waals surface area contributed by atoms with Gasteiger partial charge in [0.1, 0.15) is 17.8 Å². The summed E-state index contributed by atoms with van der Waals surface area (Å²) in [7, 11) is 0. The minimum absolute atomic E-state index is 0.249. The Hall–Kier alpha value is -2.44. The van der Waals surface area contributed by atoms with Crippen molar-refractivity contribution < 1.29 is 9.59 Å². The van der Waals surface area contributed by atoms with Crippen LogP contribution in [0.25, 0.3) is 11.3 Å². The van der Waals surface area contributed by atoms with Gasteiger partial charge in [-0.05, 0) is 32.4 Å². The third-order valence-corrected chi connectivity index (χ3v) is 8.97. The number of likely N-dealkylation sites (tertiary alicyclic amines) is 1. The lowest BCUT2D eigenvalue weighted by molar-refractivity contribution is -0.108. The van der Waals surface area contributed by atoms with Crippen LogP contribution in [0, 0.1) is 0 Å². The Balaban J connectivity index is 1.25. The van der Waals surface area contributed by atoms with Gasteiger partial charge in [-0.15, -0.1) is 11.3 Å². The number of aromatic nitrogens is 3. The molecular formula is C25H30ClN7O2S2. The van der Waals surface area contributed by atoms with E-state index < -0.39 is 0 Å². The Kier molecular flexibility index (Phi) is 8.46. The van der Waals surface area contributed by atoms with Gasteiger partial charge < -0.3 is 9.69 Å². The first kappa shape index (κ1) is 26.2. The number of thiophene rings is 1. The fraction of sp³-hybridized carbons (Fsp3) is 0.480. The molecule has 0 radical (unpaired) electrons. The van der Waals surface area contributed by atoms with E-state index in [-0.39, 0.29) is 11.6 Å². The number of hydrogen-bond acceptors (Lipinski definition) is 10. The first-order valence-electron chi connectivity index (χ1n) is 12.5. The molecule has 9 nitrogen and oxygen atoms in total. The summed E-state index contributed by atoms with van der Waals surface area (Å²) in [4.78, 5) is 45.2. The summed E-state index contributed by atoms with van der Waals surface area (Å²) in [5.41, 5.74) is 2.10. The van der Waals surface area contributed by atoms with E-state index in [1.165, 1.54) is 41.7 Å². The second-order valence-electron chi connectivity index (χ2n) is 9.39. The van der Waals surface area contributed by atoms with E-state index in [0.29, 0.717) is 21.9 Å². The number of piperazine rings is 1. The van der Waals surface area contributed by atoms with E-state index in [2.05, 4.69) is 36.9 Å². The lowest BCUT2D eigenvalue weighted by Crippen LogP contribution is -2.47. The number of nitrogens with zero attached hydrogens (tertiary/aromatic N) is 6.